The number of oxime groups is 1. The van der Waals surface area contributed by atoms with Crippen molar-refractivity contribution in [1.29, 1.82) is 0 Å². The molecule has 1 aromatic carbocycles. The Balaban J connectivity index is 1.79. The van der Waals surface area contributed by atoms with Gasteiger partial charge in [-0.3, -0.25) is 4.90 Å². The highest BCUT2D eigenvalue weighted by Crippen LogP contribution is 2.30. The molecule has 0 aromatic heterocycles. The summed E-state index contributed by atoms with van der Waals surface area (Å²) in [5.74, 6) is 0.104. The molecule has 3 rings (SSSR count). The molecule has 20 heavy (non-hydrogen) atoms. The van der Waals surface area contributed by atoms with Gasteiger partial charge in [-0.15, -0.1) is 0 Å². The van der Waals surface area contributed by atoms with Gasteiger partial charge in [0.25, 0.3) is 0 Å². The molecule has 1 saturated heterocycles. The minimum Gasteiger partial charge on any atom is -0.409 e. The Labute approximate surface area is 123 Å². The van der Waals surface area contributed by atoms with Crippen LogP contribution >= 0.6 is 11.6 Å². The van der Waals surface area contributed by atoms with E-state index in [-0.39, 0.29) is 5.84 Å². The van der Waals surface area contributed by atoms with Crippen LogP contribution in [0.25, 0.3) is 0 Å². The summed E-state index contributed by atoms with van der Waals surface area (Å²) in [6, 6.07) is 6.35. The lowest BCUT2D eigenvalue weighted by atomic mass is 10.1. The van der Waals surface area contributed by atoms with Crippen molar-refractivity contribution in [1.82, 2.24) is 4.90 Å². The summed E-state index contributed by atoms with van der Waals surface area (Å²) in [5.41, 5.74) is 7.44. The molecule has 1 aliphatic heterocycles. The van der Waals surface area contributed by atoms with Gasteiger partial charge < -0.3 is 15.8 Å². The second kappa shape index (κ2) is 5.50. The van der Waals surface area contributed by atoms with E-state index in [0.29, 0.717) is 10.6 Å². The van der Waals surface area contributed by atoms with Crippen molar-refractivity contribution in [3.8, 4) is 0 Å². The maximum Gasteiger partial charge on any atom is 0.172 e. The van der Waals surface area contributed by atoms with Gasteiger partial charge in [0, 0.05) is 48.5 Å². The molecule has 0 bridgehead atoms. The van der Waals surface area contributed by atoms with Crippen LogP contribution in [0.3, 0.4) is 0 Å². The van der Waals surface area contributed by atoms with Gasteiger partial charge in [-0.1, -0.05) is 16.8 Å². The van der Waals surface area contributed by atoms with E-state index in [1.807, 2.05) is 12.1 Å². The third-order valence-electron chi connectivity index (χ3n) is 4.06. The Bertz CT molecular complexity index is 522. The van der Waals surface area contributed by atoms with Gasteiger partial charge in [-0.2, -0.15) is 0 Å². The summed E-state index contributed by atoms with van der Waals surface area (Å²) in [6.45, 7) is 4.07. The third-order valence-corrected chi connectivity index (χ3v) is 4.30. The van der Waals surface area contributed by atoms with Crippen molar-refractivity contribution < 1.29 is 5.21 Å². The van der Waals surface area contributed by atoms with Gasteiger partial charge in [-0.25, -0.2) is 0 Å². The largest absolute Gasteiger partial charge is 0.409 e. The standard InChI is InChI=1S/C14H19ClN4O/c15-10-1-4-13(12(9-10)14(16)17-20)19-7-5-18(6-8-19)11-2-3-11/h1,4,9,11,20H,2-3,5-8H2,(H2,16,17). The molecule has 3 N–H and O–H groups in total. The minimum atomic E-state index is 0.104. The topological polar surface area (TPSA) is 65.1 Å². The number of anilines is 1. The van der Waals surface area contributed by atoms with Crippen LogP contribution < -0.4 is 10.6 Å². The molecule has 108 valence electrons. The molecule has 5 nitrogen and oxygen atoms in total. The average molecular weight is 295 g/mol. The van der Waals surface area contributed by atoms with Gasteiger partial charge >= 0.3 is 0 Å². The zero-order valence-electron chi connectivity index (χ0n) is 11.3. The first kappa shape index (κ1) is 13.5. The SMILES string of the molecule is NC(=NO)c1cc(Cl)ccc1N1CCN(C2CC2)CC1. The lowest BCUT2D eigenvalue weighted by Gasteiger charge is -2.37. The number of benzene rings is 1. The van der Waals surface area contributed by atoms with E-state index < -0.39 is 0 Å². The van der Waals surface area contributed by atoms with Crippen LogP contribution in [-0.4, -0.2) is 48.2 Å². The summed E-state index contributed by atoms with van der Waals surface area (Å²) in [6.07, 6.45) is 2.69. The summed E-state index contributed by atoms with van der Waals surface area (Å²) < 4.78 is 0. The minimum absolute atomic E-state index is 0.104. The summed E-state index contributed by atoms with van der Waals surface area (Å²) in [4.78, 5) is 4.83. The fraction of sp³-hybridized carbons (Fsp3) is 0.500. The van der Waals surface area contributed by atoms with Crippen LogP contribution in [0.2, 0.25) is 5.02 Å². The molecule has 2 aliphatic rings. The van der Waals surface area contributed by atoms with Crippen LogP contribution in [0.1, 0.15) is 18.4 Å². The number of halogens is 1. The van der Waals surface area contributed by atoms with E-state index >= 15 is 0 Å². The molecule has 0 radical (unpaired) electrons. The lowest BCUT2D eigenvalue weighted by Crippen LogP contribution is -2.47. The summed E-state index contributed by atoms with van der Waals surface area (Å²) in [7, 11) is 0. The van der Waals surface area contributed by atoms with Crippen LogP contribution in [0.5, 0.6) is 0 Å². The number of nitrogens with two attached hydrogens (primary N) is 1. The molecule has 2 fully saturated rings. The molecule has 0 spiro atoms. The highest BCUT2D eigenvalue weighted by Gasteiger charge is 2.31. The zero-order chi connectivity index (χ0) is 14.1. The molecule has 0 unspecified atom stereocenters. The van der Waals surface area contributed by atoms with Crippen molar-refractivity contribution in [3.63, 3.8) is 0 Å². The predicted octanol–water partition coefficient (Wildman–Crippen LogP) is 1.72. The Morgan fingerprint density at radius 2 is 1.95 bits per heavy atom. The van der Waals surface area contributed by atoms with Crippen molar-refractivity contribution >= 4 is 23.1 Å². The van der Waals surface area contributed by atoms with Gasteiger partial charge in [-0.05, 0) is 31.0 Å². The lowest BCUT2D eigenvalue weighted by molar-refractivity contribution is 0.248. The number of piperazine rings is 1. The first-order valence-corrected chi connectivity index (χ1v) is 7.33. The monoisotopic (exact) mass is 294 g/mol. The highest BCUT2D eigenvalue weighted by molar-refractivity contribution is 6.31. The number of hydrogen-bond acceptors (Lipinski definition) is 4. The van der Waals surface area contributed by atoms with Crippen LogP contribution in [0.4, 0.5) is 5.69 Å². The first-order chi connectivity index (χ1) is 9.69. The molecule has 1 aliphatic carbocycles. The molecule has 0 amide bonds. The van der Waals surface area contributed by atoms with E-state index in [9.17, 15) is 0 Å². The first-order valence-electron chi connectivity index (χ1n) is 6.95. The third kappa shape index (κ3) is 2.69. The van der Waals surface area contributed by atoms with Gasteiger partial charge in [0.1, 0.15) is 0 Å². The molecular weight excluding hydrogens is 276 g/mol. The van der Waals surface area contributed by atoms with Crippen molar-refractivity contribution in [3.05, 3.63) is 28.8 Å². The Morgan fingerprint density at radius 3 is 2.55 bits per heavy atom. The Hall–Kier alpha value is -1.46. The summed E-state index contributed by atoms with van der Waals surface area (Å²) >= 11 is 6.01. The average Bonchev–Trinajstić information content (AvgIpc) is 3.31. The van der Waals surface area contributed by atoms with Crippen LogP contribution in [0.15, 0.2) is 23.4 Å². The molecule has 1 heterocycles. The van der Waals surface area contributed by atoms with E-state index in [1.54, 1.807) is 6.07 Å². The van der Waals surface area contributed by atoms with Gasteiger partial charge in [0.15, 0.2) is 5.84 Å². The van der Waals surface area contributed by atoms with E-state index in [1.165, 1.54) is 12.8 Å². The van der Waals surface area contributed by atoms with Gasteiger partial charge in [0.05, 0.1) is 0 Å². The van der Waals surface area contributed by atoms with Crippen molar-refractivity contribution in [2.45, 2.75) is 18.9 Å². The number of rotatable bonds is 3. The fourth-order valence-corrected chi connectivity index (χ4v) is 2.98. The second-order valence-electron chi connectivity index (χ2n) is 5.40. The van der Waals surface area contributed by atoms with Crippen molar-refractivity contribution in [2.75, 3.05) is 31.1 Å². The zero-order valence-corrected chi connectivity index (χ0v) is 12.1. The smallest absolute Gasteiger partial charge is 0.172 e. The van der Waals surface area contributed by atoms with E-state index in [0.717, 1.165) is 37.9 Å². The van der Waals surface area contributed by atoms with Crippen LogP contribution in [-0.2, 0) is 0 Å². The second-order valence-corrected chi connectivity index (χ2v) is 5.84. The number of hydrogen-bond donors (Lipinski definition) is 2. The quantitative estimate of drug-likeness (QED) is 0.386. The predicted molar refractivity (Wildman–Crippen MR) is 80.8 cm³/mol. The number of amidine groups is 1. The van der Waals surface area contributed by atoms with Crippen LogP contribution in [0, 0.1) is 0 Å². The van der Waals surface area contributed by atoms with Crippen molar-refractivity contribution in [2.24, 2.45) is 10.9 Å². The maximum atomic E-state index is 8.92. The fourth-order valence-electron chi connectivity index (χ4n) is 2.81. The highest BCUT2D eigenvalue weighted by atomic mass is 35.5. The normalized spacial score (nSPS) is 21.2. The molecule has 6 heteroatoms. The molecule has 1 saturated carbocycles. The summed E-state index contributed by atoms with van der Waals surface area (Å²) in [5, 5.41) is 12.6. The Morgan fingerprint density at radius 1 is 1.25 bits per heavy atom. The van der Waals surface area contributed by atoms with Gasteiger partial charge in [0.2, 0.25) is 0 Å². The van der Waals surface area contributed by atoms with E-state index in [4.69, 9.17) is 22.5 Å². The number of nitrogens with zero attached hydrogens (tertiary/aromatic N) is 3. The van der Waals surface area contributed by atoms with E-state index in [2.05, 4.69) is 15.0 Å². The Kier molecular flexibility index (Phi) is 3.72. The molecule has 1 aromatic rings. The molecular formula is C14H19ClN4O. The maximum absolute atomic E-state index is 8.92. The molecule has 0 atom stereocenters.